The lowest BCUT2D eigenvalue weighted by molar-refractivity contribution is 0.00979. The van der Waals surface area contributed by atoms with Crippen LogP contribution in [0.15, 0.2) is 41.4 Å². The number of nitrogens with zero attached hydrogens (tertiary/aromatic N) is 1. The first-order valence-corrected chi connectivity index (χ1v) is 14.3. The minimum Gasteiger partial charge on any atom is -0.493 e. The number of carbonyl (C=O) groups excluding carboxylic acids is 1. The van der Waals surface area contributed by atoms with Crippen LogP contribution in [0.2, 0.25) is 10.0 Å². The van der Waals surface area contributed by atoms with Gasteiger partial charge in [0.2, 0.25) is 0 Å². The van der Waals surface area contributed by atoms with Gasteiger partial charge in [-0.1, -0.05) is 30.1 Å². The highest BCUT2D eigenvalue weighted by molar-refractivity contribution is 7.86. The number of aromatic amines is 1. The SMILES string of the molecule is CC1(CCOc2ccc(S(=O)Nc3ccc(Cl)c4c(Cl)c[nH]c34)c(F)c2)CCN(C(=O)OC(C)(C)C)CC1. The molecule has 0 saturated carbocycles. The van der Waals surface area contributed by atoms with Gasteiger partial charge in [0.1, 0.15) is 17.2 Å². The fourth-order valence-corrected chi connectivity index (χ4v) is 5.82. The molecule has 4 rings (SSSR count). The number of amides is 1. The number of likely N-dealkylation sites (tertiary alicyclic amines) is 1. The van der Waals surface area contributed by atoms with E-state index in [0.29, 0.717) is 52.1 Å². The lowest BCUT2D eigenvalue weighted by atomic mass is 9.78. The zero-order chi connectivity index (χ0) is 27.7. The molecule has 1 unspecified atom stereocenters. The van der Waals surface area contributed by atoms with Crippen molar-refractivity contribution >= 4 is 56.9 Å². The van der Waals surface area contributed by atoms with Crippen molar-refractivity contribution in [1.29, 1.82) is 0 Å². The number of H-pyrrole nitrogens is 1. The summed E-state index contributed by atoms with van der Waals surface area (Å²) in [6, 6.07) is 7.59. The second kappa shape index (κ2) is 11.3. The van der Waals surface area contributed by atoms with E-state index in [4.69, 9.17) is 32.7 Å². The molecule has 2 N–H and O–H groups in total. The summed E-state index contributed by atoms with van der Waals surface area (Å²) in [4.78, 5) is 17.1. The number of halogens is 3. The van der Waals surface area contributed by atoms with Crippen molar-refractivity contribution in [3.63, 3.8) is 0 Å². The summed E-state index contributed by atoms with van der Waals surface area (Å²) in [6.07, 6.45) is 3.73. The Bertz CT molecular complexity index is 1350. The third-order valence-corrected chi connectivity index (χ3v) is 8.39. The van der Waals surface area contributed by atoms with Crippen LogP contribution >= 0.6 is 23.2 Å². The maximum absolute atomic E-state index is 14.9. The number of aromatic nitrogens is 1. The number of ether oxygens (including phenoxy) is 2. The van der Waals surface area contributed by atoms with Crippen LogP contribution in [0.5, 0.6) is 5.75 Å². The van der Waals surface area contributed by atoms with Crippen LogP contribution in [0, 0.1) is 11.2 Å². The Morgan fingerprint density at radius 3 is 2.55 bits per heavy atom. The molecule has 1 aromatic heterocycles. The third-order valence-electron chi connectivity index (χ3n) is 6.64. The average molecular weight is 585 g/mol. The number of anilines is 1. The standard InChI is InChI=1S/C27H32Cl2FN3O4S/c1-26(2,3)37-25(34)33-12-9-27(4,10-13-33)11-14-36-17-5-8-22(20(30)15-17)38(35)32-21-7-6-18(28)23-19(29)16-31-24(21)23/h5-8,15-16,31-32H,9-14H2,1-4H3. The zero-order valence-corrected chi connectivity index (χ0v) is 24.2. The number of carbonyl (C=O) groups is 1. The van der Waals surface area contributed by atoms with Crippen LogP contribution < -0.4 is 9.46 Å². The van der Waals surface area contributed by atoms with E-state index in [1.165, 1.54) is 12.1 Å². The Morgan fingerprint density at radius 1 is 1.18 bits per heavy atom. The van der Waals surface area contributed by atoms with Gasteiger partial charge in [-0.05, 0) is 69.7 Å². The van der Waals surface area contributed by atoms with Crippen molar-refractivity contribution in [3.05, 3.63) is 52.4 Å². The van der Waals surface area contributed by atoms with Crippen molar-refractivity contribution in [2.45, 2.75) is 57.5 Å². The Balaban J connectivity index is 1.31. The smallest absolute Gasteiger partial charge is 0.410 e. The number of piperidine rings is 1. The lowest BCUT2D eigenvalue weighted by Gasteiger charge is -2.39. The highest BCUT2D eigenvalue weighted by Gasteiger charge is 2.33. The number of hydrogen-bond donors (Lipinski definition) is 2. The summed E-state index contributed by atoms with van der Waals surface area (Å²) in [6.45, 7) is 9.40. The minimum atomic E-state index is -1.87. The summed E-state index contributed by atoms with van der Waals surface area (Å²) in [7, 11) is -1.87. The van der Waals surface area contributed by atoms with E-state index >= 15 is 0 Å². The van der Waals surface area contributed by atoms with Gasteiger partial charge in [0.25, 0.3) is 0 Å². The second-order valence-corrected chi connectivity index (χ2v) is 12.8. The van der Waals surface area contributed by atoms with E-state index in [1.807, 2.05) is 20.8 Å². The van der Waals surface area contributed by atoms with Gasteiger partial charge >= 0.3 is 6.09 Å². The molecule has 1 aliphatic rings. The number of rotatable bonds is 7. The largest absolute Gasteiger partial charge is 0.493 e. The number of hydrogen-bond acceptors (Lipinski definition) is 4. The van der Waals surface area contributed by atoms with Crippen molar-refractivity contribution in [2.24, 2.45) is 5.41 Å². The van der Waals surface area contributed by atoms with Gasteiger partial charge in [-0.2, -0.15) is 0 Å². The van der Waals surface area contributed by atoms with E-state index < -0.39 is 22.4 Å². The maximum Gasteiger partial charge on any atom is 0.410 e. The molecule has 1 fully saturated rings. The number of fused-ring (bicyclic) bond motifs is 1. The molecule has 0 bridgehead atoms. The summed E-state index contributed by atoms with van der Waals surface area (Å²) < 4.78 is 41.9. The van der Waals surface area contributed by atoms with Crippen LogP contribution in [-0.2, 0) is 15.7 Å². The summed E-state index contributed by atoms with van der Waals surface area (Å²) >= 11 is 12.4. The van der Waals surface area contributed by atoms with Crippen LogP contribution in [-0.4, -0.2) is 45.5 Å². The molecule has 1 amide bonds. The lowest BCUT2D eigenvalue weighted by Crippen LogP contribution is -2.44. The molecule has 0 aliphatic carbocycles. The molecule has 7 nitrogen and oxygen atoms in total. The van der Waals surface area contributed by atoms with Crippen LogP contribution in [0.4, 0.5) is 14.9 Å². The van der Waals surface area contributed by atoms with Crippen LogP contribution in [0.25, 0.3) is 10.9 Å². The molecule has 11 heteroatoms. The van der Waals surface area contributed by atoms with Gasteiger partial charge in [0, 0.05) is 30.7 Å². The fourth-order valence-electron chi connectivity index (χ4n) is 4.35. The third kappa shape index (κ3) is 6.74. The first-order valence-electron chi connectivity index (χ1n) is 12.4. The first-order chi connectivity index (χ1) is 17.8. The summed E-state index contributed by atoms with van der Waals surface area (Å²) in [5.74, 6) is -0.275. The molecule has 2 aromatic carbocycles. The Hall–Kier alpha value is -2.49. The molecule has 3 aromatic rings. The Morgan fingerprint density at radius 2 is 1.89 bits per heavy atom. The molecular formula is C27H32Cl2FN3O4S. The average Bonchev–Trinajstić information content (AvgIpc) is 3.23. The first kappa shape index (κ1) is 28.5. The van der Waals surface area contributed by atoms with Gasteiger partial charge in [-0.25, -0.2) is 13.4 Å². The van der Waals surface area contributed by atoms with Crippen molar-refractivity contribution in [2.75, 3.05) is 24.4 Å². The Kier molecular flexibility index (Phi) is 8.49. The second-order valence-electron chi connectivity index (χ2n) is 10.8. The number of nitrogens with one attached hydrogen (secondary N) is 2. The highest BCUT2D eigenvalue weighted by atomic mass is 35.5. The highest BCUT2D eigenvalue weighted by Crippen LogP contribution is 2.36. The van der Waals surface area contributed by atoms with E-state index in [0.717, 1.165) is 19.3 Å². The van der Waals surface area contributed by atoms with Crippen LogP contribution in [0.3, 0.4) is 0 Å². The summed E-state index contributed by atoms with van der Waals surface area (Å²) in [5, 5.41) is 1.50. The molecule has 1 saturated heterocycles. The zero-order valence-electron chi connectivity index (χ0n) is 21.8. The van der Waals surface area contributed by atoms with E-state index in [1.54, 1.807) is 29.3 Å². The van der Waals surface area contributed by atoms with E-state index in [2.05, 4.69) is 16.6 Å². The molecule has 38 heavy (non-hydrogen) atoms. The molecule has 1 atom stereocenters. The minimum absolute atomic E-state index is 0.000389. The monoisotopic (exact) mass is 583 g/mol. The van der Waals surface area contributed by atoms with Gasteiger partial charge in [-0.3, -0.25) is 4.72 Å². The normalized spacial score (nSPS) is 16.3. The number of benzene rings is 2. The van der Waals surface area contributed by atoms with Gasteiger partial charge in [0.15, 0.2) is 11.0 Å². The molecule has 1 aliphatic heterocycles. The van der Waals surface area contributed by atoms with Gasteiger partial charge < -0.3 is 19.4 Å². The molecule has 2 heterocycles. The van der Waals surface area contributed by atoms with Gasteiger partial charge in [-0.15, -0.1) is 0 Å². The predicted molar refractivity (Wildman–Crippen MR) is 150 cm³/mol. The van der Waals surface area contributed by atoms with Crippen molar-refractivity contribution < 1.29 is 22.9 Å². The molecule has 0 radical (unpaired) electrons. The fraction of sp³-hybridized carbons (Fsp3) is 0.444. The molecule has 0 spiro atoms. The van der Waals surface area contributed by atoms with E-state index in [9.17, 15) is 13.4 Å². The Labute approximate surface area is 234 Å². The van der Waals surface area contributed by atoms with Gasteiger partial charge in [0.05, 0.1) is 32.8 Å². The molecular weight excluding hydrogens is 552 g/mol. The molecule has 206 valence electrons. The van der Waals surface area contributed by atoms with Crippen molar-refractivity contribution in [3.8, 4) is 5.75 Å². The maximum atomic E-state index is 14.9. The van der Waals surface area contributed by atoms with Crippen molar-refractivity contribution in [1.82, 2.24) is 9.88 Å². The van der Waals surface area contributed by atoms with Crippen LogP contribution in [0.1, 0.15) is 47.0 Å². The van der Waals surface area contributed by atoms with E-state index in [-0.39, 0.29) is 16.4 Å². The predicted octanol–water partition coefficient (Wildman–Crippen LogP) is 7.55. The topological polar surface area (TPSA) is 83.7 Å². The quantitative estimate of drug-likeness (QED) is 0.300. The summed E-state index contributed by atoms with van der Waals surface area (Å²) in [5.41, 5.74) is 0.562.